The highest BCUT2D eigenvalue weighted by Gasteiger charge is 2.19. The number of halogens is 2. The molecule has 0 N–H and O–H groups in total. The Morgan fingerprint density at radius 3 is 2.52 bits per heavy atom. The van der Waals surface area contributed by atoms with Crippen molar-refractivity contribution >= 4 is 44.7 Å². The van der Waals surface area contributed by atoms with E-state index in [9.17, 15) is 0 Å². The SMILES string of the molecule is COc1cc(C(=S)N2CCCC2)cc(Br)c1OCc1ccc(Cl)cc1. The monoisotopic (exact) mass is 439 g/mol. The molecule has 1 heterocycles. The lowest BCUT2D eigenvalue weighted by molar-refractivity contribution is 0.282. The Morgan fingerprint density at radius 1 is 1.20 bits per heavy atom. The maximum absolute atomic E-state index is 5.97. The van der Waals surface area contributed by atoms with Gasteiger partial charge in [-0.2, -0.15) is 0 Å². The third-order valence-corrected chi connectivity index (χ3v) is 5.50. The standard InChI is InChI=1S/C19H19BrClNO2S/c1-23-17-11-14(19(25)22-8-2-3-9-22)10-16(20)18(17)24-12-13-4-6-15(21)7-5-13/h4-7,10-11H,2-3,8-9,12H2,1H3. The van der Waals surface area contributed by atoms with Gasteiger partial charge in [0.15, 0.2) is 11.5 Å². The zero-order valence-corrected chi connectivity index (χ0v) is 17.1. The molecule has 1 aliphatic rings. The Kier molecular flexibility index (Phi) is 6.20. The summed E-state index contributed by atoms with van der Waals surface area (Å²) in [6.45, 7) is 2.48. The highest BCUT2D eigenvalue weighted by Crippen LogP contribution is 2.38. The minimum atomic E-state index is 0.433. The third-order valence-electron chi connectivity index (χ3n) is 4.17. The molecule has 25 heavy (non-hydrogen) atoms. The van der Waals surface area contributed by atoms with Crippen LogP contribution in [-0.4, -0.2) is 30.1 Å². The second-order valence-electron chi connectivity index (χ2n) is 5.90. The van der Waals surface area contributed by atoms with Crippen molar-refractivity contribution in [1.29, 1.82) is 0 Å². The number of ether oxygens (including phenoxy) is 2. The summed E-state index contributed by atoms with van der Waals surface area (Å²) in [5, 5.41) is 0.710. The summed E-state index contributed by atoms with van der Waals surface area (Å²) in [5.74, 6) is 1.34. The van der Waals surface area contributed by atoms with E-state index in [1.54, 1.807) is 7.11 Å². The number of hydrogen-bond donors (Lipinski definition) is 0. The van der Waals surface area contributed by atoms with Gasteiger partial charge in [0.2, 0.25) is 0 Å². The molecule has 1 saturated heterocycles. The maximum Gasteiger partial charge on any atom is 0.175 e. The highest BCUT2D eigenvalue weighted by molar-refractivity contribution is 9.10. The number of hydrogen-bond acceptors (Lipinski definition) is 3. The molecular weight excluding hydrogens is 422 g/mol. The van der Waals surface area contributed by atoms with E-state index in [2.05, 4.69) is 20.8 Å². The first-order chi connectivity index (χ1) is 12.1. The molecule has 1 fully saturated rings. The van der Waals surface area contributed by atoms with Crippen LogP contribution in [-0.2, 0) is 6.61 Å². The van der Waals surface area contributed by atoms with Crippen molar-refractivity contribution < 1.29 is 9.47 Å². The largest absolute Gasteiger partial charge is 0.493 e. The van der Waals surface area contributed by atoms with Crippen LogP contribution in [0, 0.1) is 0 Å². The van der Waals surface area contributed by atoms with Crippen LogP contribution in [0.15, 0.2) is 40.9 Å². The first kappa shape index (κ1) is 18.5. The fourth-order valence-corrected chi connectivity index (χ4v) is 3.81. The van der Waals surface area contributed by atoms with E-state index < -0.39 is 0 Å². The summed E-state index contributed by atoms with van der Waals surface area (Å²) in [7, 11) is 1.64. The summed E-state index contributed by atoms with van der Waals surface area (Å²) in [6.07, 6.45) is 2.39. The molecule has 132 valence electrons. The maximum atomic E-state index is 5.97. The van der Waals surface area contributed by atoms with Gasteiger partial charge in [0.05, 0.1) is 11.6 Å². The molecular formula is C19H19BrClNO2S. The molecule has 3 rings (SSSR count). The van der Waals surface area contributed by atoms with Gasteiger partial charge >= 0.3 is 0 Å². The quantitative estimate of drug-likeness (QED) is 0.575. The van der Waals surface area contributed by atoms with Gasteiger partial charge in [0, 0.05) is 23.7 Å². The van der Waals surface area contributed by atoms with Gasteiger partial charge in [0.1, 0.15) is 11.6 Å². The van der Waals surface area contributed by atoms with Crippen LogP contribution in [0.4, 0.5) is 0 Å². The molecule has 0 bridgehead atoms. The van der Waals surface area contributed by atoms with E-state index in [1.165, 1.54) is 12.8 Å². The molecule has 0 spiro atoms. The minimum absolute atomic E-state index is 0.433. The molecule has 2 aromatic carbocycles. The number of likely N-dealkylation sites (tertiary alicyclic amines) is 1. The first-order valence-corrected chi connectivity index (χ1v) is 9.70. The van der Waals surface area contributed by atoms with Gasteiger partial charge in [-0.15, -0.1) is 0 Å². The van der Waals surface area contributed by atoms with Crippen molar-refractivity contribution in [2.24, 2.45) is 0 Å². The van der Waals surface area contributed by atoms with Gasteiger partial charge < -0.3 is 14.4 Å². The molecule has 0 radical (unpaired) electrons. The van der Waals surface area contributed by atoms with Gasteiger partial charge in [-0.05, 0) is 58.6 Å². The minimum Gasteiger partial charge on any atom is -0.493 e. The van der Waals surface area contributed by atoms with Crippen molar-refractivity contribution in [1.82, 2.24) is 4.90 Å². The average molecular weight is 441 g/mol. The van der Waals surface area contributed by atoms with Gasteiger partial charge in [-0.1, -0.05) is 36.0 Å². The lowest BCUT2D eigenvalue weighted by Gasteiger charge is -2.20. The number of benzene rings is 2. The van der Waals surface area contributed by atoms with E-state index >= 15 is 0 Å². The summed E-state index contributed by atoms with van der Waals surface area (Å²) in [6, 6.07) is 11.5. The zero-order valence-electron chi connectivity index (χ0n) is 13.9. The molecule has 0 amide bonds. The van der Waals surface area contributed by atoms with Crippen molar-refractivity contribution in [3.05, 3.63) is 57.0 Å². The Hall–Kier alpha value is -1.30. The van der Waals surface area contributed by atoms with Crippen LogP contribution in [0.3, 0.4) is 0 Å². The number of nitrogens with zero attached hydrogens (tertiary/aromatic N) is 1. The highest BCUT2D eigenvalue weighted by atomic mass is 79.9. The van der Waals surface area contributed by atoms with E-state index in [-0.39, 0.29) is 0 Å². The van der Waals surface area contributed by atoms with Crippen molar-refractivity contribution in [3.8, 4) is 11.5 Å². The molecule has 3 nitrogen and oxygen atoms in total. The number of thiocarbonyl (C=S) groups is 1. The third kappa shape index (κ3) is 4.46. The van der Waals surface area contributed by atoms with Crippen LogP contribution in [0.1, 0.15) is 24.0 Å². The molecule has 0 unspecified atom stereocenters. The number of methoxy groups -OCH3 is 1. The Morgan fingerprint density at radius 2 is 1.88 bits per heavy atom. The van der Waals surface area contributed by atoms with Crippen LogP contribution >= 0.6 is 39.7 Å². The van der Waals surface area contributed by atoms with E-state index in [4.69, 9.17) is 33.3 Å². The Bertz CT molecular complexity index is 761. The van der Waals surface area contributed by atoms with E-state index in [1.807, 2.05) is 36.4 Å². The van der Waals surface area contributed by atoms with Crippen molar-refractivity contribution in [3.63, 3.8) is 0 Å². The van der Waals surface area contributed by atoms with Crippen molar-refractivity contribution in [2.45, 2.75) is 19.4 Å². The van der Waals surface area contributed by atoms with Gasteiger partial charge in [-0.3, -0.25) is 0 Å². The second-order valence-corrected chi connectivity index (χ2v) is 7.58. The summed E-state index contributed by atoms with van der Waals surface area (Å²) >= 11 is 15.2. The topological polar surface area (TPSA) is 21.7 Å². The molecule has 1 aliphatic heterocycles. The molecule has 6 heteroatoms. The van der Waals surface area contributed by atoms with Crippen LogP contribution in [0.5, 0.6) is 11.5 Å². The number of rotatable bonds is 5. The van der Waals surface area contributed by atoms with E-state index in [0.717, 1.165) is 33.7 Å². The Labute approximate surface area is 167 Å². The van der Waals surface area contributed by atoms with Crippen LogP contribution < -0.4 is 9.47 Å². The average Bonchev–Trinajstić information content (AvgIpc) is 3.15. The van der Waals surface area contributed by atoms with Crippen LogP contribution in [0.25, 0.3) is 0 Å². The first-order valence-electron chi connectivity index (χ1n) is 8.12. The van der Waals surface area contributed by atoms with Gasteiger partial charge in [-0.25, -0.2) is 0 Å². The predicted octanol–water partition coefficient (Wildman–Crippen LogP) is 5.46. The lowest BCUT2D eigenvalue weighted by Crippen LogP contribution is -2.26. The molecule has 0 saturated carbocycles. The predicted molar refractivity (Wildman–Crippen MR) is 109 cm³/mol. The lowest BCUT2D eigenvalue weighted by atomic mass is 10.2. The molecule has 0 aromatic heterocycles. The van der Waals surface area contributed by atoms with Crippen LogP contribution in [0.2, 0.25) is 5.02 Å². The normalized spacial score (nSPS) is 13.8. The van der Waals surface area contributed by atoms with Crippen molar-refractivity contribution in [2.75, 3.05) is 20.2 Å². The smallest absolute Gasteiger partial charge is 0.175 e. The summed E-state index contributed by atoms with van der Waals surface area (Å²) in [4.78, 5) is 3.10. The summed E-state index contributed by atoms with van der Waals surface area (Å²) < 4.78 is 12.3. The van der Waals surface area contributed by atoms with Gasteiger partial charge in [0.25, 0.3) is 0 Å². The Balaban J connectivity index is 1.79. The molecule has 0 atom stereocenters. The molecule has 2 aromatic rings. The fourth-order valence-electron chi connectivity index (χ4n) is 2.82. The molecule has 0 aliphatic carbocycles. The second kappa shape index (κ2) is 8.39. The fraction of sp³-hybridized carbons (Fsp3) is 0.316. The van der Waals surface area contributed by atoms with E-state index in [0.29, 0.717) is 23.1 Å². The summed E-state index contributed by atoms with van der Waals surface area (Å²) in [5.41, 5.74) is 2.01. The zero-order chi connectivity index (χ0) is 17.8.